The van der Waals surface area contributed by atoms with E-state index in [-0.39, 0.29) is 11.7 Å². The summed E-state index contributed by atoms with van der Waals surface area (Å²) < 4.78 is 0. The standard InChI is InChI=1S/C14H22N2O2/c1-3-14(2,10-15)13(18)16-9-8-11-4-6-12(17)7-5-11/h4-7,17H,3,8-10,15H2,1-2H3,(H,16,18). The van der Waals surface area contributed by atoms with Gasteiger partial charge >= 0.3 is 0 Å². The third-order valence-electron chi connectivity index (χ3n) is 3.41. The lowest BCUT2D eigenvalue weighted by atomic mass is 9.86. The molecule has 0 spiro atoms. The Morgan fingerprint density at radius 3 is 2.50 bits per heavy atom. The highest BCUT2D eigenvalue weighted by atomic mass is 16.3. The molecule has 1 atom stereocenters. The molecule has 0 fully saturated rings. The second-order valence-corrected chi connectivity index (χ2v) is 4.79. The number of aromatic hydroxyl groups is 1. The Hall–Kier alpha value is -1.55. The lowest BCUT2D eigenvalue weighted by Gasteiger charge is -2.24. The first kappa shape index (κ1) is 14.5. The molecule has 18 heavy (non-hydrogen) atoms. The predicted molar refractivity (Wildman–Crippen MR) is 72.3 cm³/mol. The number of rotatable bonds is 6. The molecule has 100 valence electrons. The highest BCUT2D eigenvalue weighted by molar-refractivity contribution is 5.82. The zero-order chi connectivity index (χ0) is 13.6. The van der Waals surface area contributed by atoms with Gasteiger partial charge in [-0.3, -0.25) is 4.79 Å². The van der Waals surface area contributed by atoms with Gasteiger partial charge in [-0.15, -0.1) is 0 Å². The van der Waals surface area contributed by atoms with Crippen molar-refractivity contribution < 1.29 is 9.90 Å². The van der Waals surface area contributed by atoms with Crippen molar-refractivity contribution in [3.05, 3.63) is 29.8 Å². The molecule has 4 N–H and O–H groups in total. The third-order valence-corrected chi connectivity index (χ3v) is 3.41. The van der Waals surface area contributed by atoms with Gasteiger partial charge in [-0.2, -0.15) is 0 Å². The lowest BCUT2D eigenvalue weighted by Crippen LogP contribution is -2.44. The number of benzene rings is 1. The van der Waals surface area contributed by atoms with Gasteiger partial charge in [0.05, 0.1) is 5.41 Å². The maximum Gasteiger partial charge on any atom is 0.227 e. The van der Waals surface area contributed by atoms with Crippen LogP contribution in [0.3, 0.4) is 0 Å². The summed E-state index contributed by atoms with van der Waals surface area (Å²) >= 11 is 0. The molecule has 0 radical (unpaired) electrons. The minimum absolute atomic E-state index is 0.00581. The van der Waals surface area contributed by atoms with Gasteiger partial charge in [0.25, 0.3) is 0 Å². The van der Waals surface area contributed by atoms with Gasteiger partial charge in [-0.25, -0.2) is 0 Å². The number of amides is 1. The Morgan fingerprint density at radius 1 is 1.39 bits per heavy atom. The van der Waals surface area contributed by atoms with Crippen molar-refractivity contribution in [2.24, 2.45) is 11.1 Å². The number of nitrogens with two attached hydrogens (primary N) is 1. The number of phenols is 1. The predicted octanol–water partition coefficient (Wildman–Crippen LogP) is 1.43. The Balaban J connectivity index is 2.42. The van der Waals surface area contributed by atoms with E-state index in [1.807, 2.05) is 26.0 Å². The fraction of sp³-hybridized carbons (Fsp3) is 0.500. The normalized spacial score (nSPS) is 13.9. The average Bonchev–Trinajstić information content (AvgIpc) is 2.40. The average molecular weight is 250 g/mol. The van der Waals surface area contributed by atoms with Gasteiger partial charge in [-0.05, 0) is 37.5 Å². The van der Waals surface area contributed by atoms with E-state index in [0.717, 1.165) is 18.4 Å². The zero-order valence-corrected chi connectivity index (χ0v) is 11.1. The van der Waals surface area contributed by atoms with E-state index in [2.05, 4.69) is 5.32 Å². The summed E-state index contributed by atoms with van der Waals surface area (Å²) in [7, 11) is 0. The fourth-order valence-corrected chi connectivity index (χ4v) is 1.59. The number of hydrogen-bond donors (Lipinski definition) is 3. The first-order valence-electron chi connectivity index (χ1n) is 6.28. The molecule has 1 aromatic rings. The maximum atomic E-state index is 11.9. The zero-order valence-electron chi connectivity index (χ0n) is 11.1. The molecule has 0 aliphatic rings. The van der Waals surface area contributed by atoms with Gasteiger partial charge in [0, 0.05) is 13.1 Å². The molecule has 0 saturated carbocycles. The van der Waals surface area contributed by atoms with Crippen LogP contribution >= 0.6 is 0 Å². The molecule has 0 aliphatic heterocycles. The summed E-state index contributed by atoms with van der Waals surface area (Å²) in [6.45, 7) is 4.78. The van der Waals surface area contributed by atoms with Crippen LogP contribution in [-0.2, 0) is 11.2 Å². The van der Waals surface area contributed by atoms with E-state index in [1.165, 1.54) is 0 Å². The van der Waals surface area contributed by atoms with Crippen molar-refractivity contribution in [1.29, 1.82) is 0 Å². The molecule has 1 amide bonds. The first-order valence-corrected chi connectivity index (χ1v) is 6.28. The monoisotopic (exact) mass is 250 g/mol. The van der Waals surface area contributed by atoms with E-state index < -0.39 is 5.41 Å². The Labute approximate surface area is 108 Å². The van der Waals surface area contributed by atoms with Crippen LogP contribution in [0.1, 0.15) is 25.8 Å². The smallest absolute Gasteiger partial charge is 0.227 e. The van der Waals surface area contributed by atoms with Crippen LogP contribution in [0.4, 0.5) is 0 Å². The highest BCUT2D eigenvalue weighted by Crippen LogP contribution is 2.19. The molecule has 0 aromatic heterocycles. The molecule has 1 aromatic carbocycles. The molecular weight excluding hydrogens is 228 g/mol. The van der Waals surface area contributed by atoms with Crippen molar-refractivity contribution in [1.82, 2.24) is 5.32 Å². The topological polar surface area (TPSA) is 75.4 Å². The van der Waals surface area contributed by atoms with Gasteiger partial charge in [0.1, 0.15) is 5.75 Å². The summed E-state index contributed by atoms with van der Waals surface area (Å²) in [5.74, 6) is 0.260. The van der Waals surface area contributed by atoms with Crippen LogP contribution in [0.25, 0.3) is 0 Å². The summed E-state index contributed by atoms with van der Waals surface area (Å²) in [5, 5.41) is 12.1. The maximum absolute atomic E-state index is 11.9. The minimum atomic E-state index is -0.477. The molecule has 0 aliphatic carbocycles. The second-order valence-electron chi connectivity index (χ2n) is 4.79. The van der Waals surface area contributed by atoms with Crippen LogP contribution in [0.5, 0.6) is 5.75 Å². The van der Waals surface area contributed by atoms with E-state index in [9.17, 15) is 4.79 Å². The lowest BCUT2D eigenvalue weighted by molar-refractivity contribution is -0.129. The van der Waals surface area contributed by atoms with Crippen LogP contribution in [-0.4, -0.2) is 24.1 Å². The van der Waals surface area contributed by atoms with E-state index in [4.69, 9.17) is 10.8 Å². The summed E-state index contributed by atoms with van der Waals surface area (Å²) in [6, 6.07) is 6.99. The Kier molecular flexibility index (Phi) is 5.16. The number of phenolic OH excluding ortho intramolecular Hbond substituents is 1. The van der Waals surface area contributed by atoms with Crippen molar-refractivity contribution >= 4 is 5.91 Å². The van der Waals surface area contributed by atoms with E-state index >= 15 is 0 Å². The molecule has 0 bridgehead atoms. The number of nitrogens with one attached hydrogen (secondary N) is 1. The van der Waals surface area contributed by atoms with Gasteiger partial charge in [-0.1, -0.05) is 19.1 Å². The third kappa shape index (κ3) is 3.74. The SMILES string of the molecule is CCC(C)(CN)C(=O)NCCc1ccc(O)cc1. The Morgan fingerprint density at radius 2 is 2.00 bits per heavy atom. The quantitative estimate of drug-likeness (QED) is 0.715. The van der Waals surface area contributed by atoms with Crippen molar-refractivity contribution in [3.63, 3.8) is 0 Å². The second kappa shape index (κ2) is 6.40. The molecule has 4 nitrogen and oxygen atoms in total. The molecule has 0 heterocycles. The van der Waals surface area contributed by atoms with Crippen LogP contribution in [0.15, 0.2) is 24.3 Å². The van der Waals surface area contributed by atoms with Gasteiger partial charge < -0.3 is 16.2 Å². The summed E-state index contributed by atoms with van der Waals surface area (Å²) in [6.07, 6.45) is 1.48. The Bertz CT molecular complexity index is 383. The van der Waals surface area contributed by atoms with Crippen molar-refractivity contribution in [3.8, 4) is 5.75 Å². The van der Waals surface area contributed by atoms with Crippen molar-refractivity contribution in [2.45, 2.75) is 26.7 Å². The molecule has 4 heteroatoms. The number of carbonyl (C=O) groups excluding carboxylic acids is 1. The molecule has 1 unspecified atom stereocenters. The van der Waals surface area contributed by atoms with Crippen LogP contribution in [0, 0.1) is 5.41 Å². The van der Waals surface area contributed by atoms with Crippen molar-refractivity contribution in [2.75, 3.05) is 13.1 Å². The van der Waals surface area contributed by atoms with E-state index in [0.29, 0.717) is 13.1 Å². The largest absolute Gasteiger partial charge is 0.508 e. The summed E-state index contributed by atoms with van der Waals surface area (Å²) in [5.41, 5.74) is 6.23. The van der Waals surface area contributed by atoms with Crippen LogP contribution in [0.2, 0.25) is 0 Å². The molecule has 0 saturated heterocycles. The van der Waals surface area contributed by atoms with E-state index in [1.54, 1.807) is 12.1 Å². The number of hydrogen-bond acceptors (Lipinski definition) is 3. The molecule has 1 rings (SSSR count). The number of carbonyl (C=O) groups is 1. The van der Waals surface area contributed by atoms with Gasteiger partial charge in [0.15, 0.2) is 0 Å². The van der Waals surface area contributed by atoms with Crippen LogP contribution < -0.4 is 11.1 Å². The molecular formula is C14H22N2O2. The van der Waals surface area contributed by atoms with Gasteiger partial charge in [0.2, 0.25) is 5.91 Å². The first-order chi connectivity index (χ1) is 8.51. The summed E-state index contributed by atoms with van der Waals surface area (Å²) in [4.78, 5) is 11.9. The fourth-order valence-electron chi connectivity index (χ4n) is 1.59. The highest BCUT2D eigenvalue weighted by Gasteiger charge is 2.28. The minimum Gasteiger partial charge on any atom is -0.508 e.